The first-order valence-electron chi connectivity index (χ1n) is 10.2. The molecule has 5 rings (SSSR count). The molecule has 33 heavy (non-hydrogen) atoms. The zero-order chi connectivity index (χ0) is 23.6. The number of halogens is 1. The molecule has 0 saturated carbocycles. The van der Waals surface area contributed by atoms with Gasteiger partial charge < -0.3 is 0 Å². The lowest BCUT2D eigenvalue weighted by Gasteiger charge is -2.26. The Kier molecular flexibility index (Phi) is 5.77. The Hall–Kier alpha value is -4.29. The minimum Gasteiger partial charge on any atom is -0.256 e. The van der Waals surface area contributed by atoms with Gasteiger partial charge in [-0.2, -0.15) is 9.59 Å². The van der Waals surface area contributed by atoms with Gasteiger partial charge in [-0.05, 0) is 68.3 Å². The number of carbonyl (C=O) groups excluding carboxylic acids is 2. The second kappa shape index (κ2) is 8.68. The summed E-state index contributed by atoms with van der Waals surface area (Å²) in [6.07, 6.45) is 2.04. The lowest BCUT2D eigenvalue weighted by atomic mass is 9.93. The summed E-state index contributed by atoms with van der Waals surface area (Å²) in [7, 11) is 0. The van der Waals surface area contributed by atoms with Crippen LogP contribution in [0.25, 0.3) is 33.3 Å². The normalized spacial score (nSPS) is 11.2. The molecular formula is C25H20FN5O2. The van der Waals surface area contributed by atoms with E-state index in [0.717, 1.165) is 22.0 Å². The van der Waals surface area contributed by atoms with Gasteiger partial charge in [0, 0.05) is 17.1 Å². The molecule has 3 aromatic heterocycles. The fraction of sp³-hybridized carbons (Fsp3) is 0.160. The van der Waals surface area contributed by atoms with Crippen LogP contribution in [0.2, 0.25) is 0 Å². The topological polar surface area (TPSA) is 90.6 Å². The zero-order valence-electron chi connectivity index (χ0n) is 18.3. The van der Waals surface area contributed by atoms with Crippen LogP contribution in [-0.4, -0.2) is 31.1 Å². The van der Waals surface area contributed by atoms with Crippen molar-refractivity contribution < 1.29 is 14.0 Å². The number of hydrogen-bond acceptors (Lipinski definition) is 6. The van der Waals surface area contributed by atoms with Crippen LogP contribution in [0.1, 0.15) is 25.0 Å². The highest BCUT2D eigenvalue weighted by molar-refractivity contribution is 5.80. The maximum atomic E-state index is 14.1. The van der Waals surface area contributed by atoms with Gasteiger partial charge in [-0.3, -0.25) is 4.98 Å². The molecule has 0 saturated heterocycles. The molecule has 0 spiro atoms. The predicted molar refractivity (Wildman–Crippen MR) is 121 cm³/mol. The predicted octanol–water partition coefficient (Wildman–Crippen LogP) is 4.69. The SMILES string of the molecule is Cc1ccc(-c2ccc3nnn(C(C)(C)c4ccc5ncccc5c4)c3n2)cc1F.O=C=O. The smallest absolute Gasteiger partial charge is 0.256 e. The van der Waals surface area contributed by atoms with Crippen LogP contribution in [0.5, 0.6) is 0 Å². The lowest BCUT2D eigenvalue weighted by molar-refractivity contribution is -0.191. The minimum atomic E-state index is -0.497. The fourth-order valence-corrected chi connectivity index (χ4v) is 3.68. The van der Waals surface area contributed by atoms with E-state index in [0.29, 0.717) is 22.4 Å². The Balaban J connectivity index is 0.000000821. The number of nitrogens with zero attached hydrogens (tertiary/aromatic N) is 5. The van der Waals surface area contributed by atoms with E-state index in [1.165, 1.54) is 6.07 Å². The van der Waals surface area contributed by atoms with Crippen LogP contribution in [0.15, 0.2) is 66.9 Å². The van der Waals surface area contributed by atoms with Crippen LogP contribution in [-0.2, 0) is 15.1 Å². The van der Waals surface area contributed by atoms with Gasteiger partial charge in [-0.15, -0.1) is 5.10 Å². The summed E-state index contributed by atoms with van der Waals surface area (Å²) in [5.74, 6) is -0.244. The molecule has 0 aliphatic rings. The van der Waals surface area contributed by atoms with E-state index in [4.69, 9.17) is 14.6 Å². The second-order valence-corrected chi connectivity index (χ2v) is 8.06. The highest BCUT2D eigenvalue weighted by atomic mass is 19.1. The van der Waals surface area contributed by atoms with Crippen molar-refractivity contribution in [3.05, 3.63) is 83.8 Å². The van der Waals surface area contributed by atoms with E-state index in [2.05, 4.69) is 41.3 Å². The number of hydrogen-bond donors (Lipinski definition) is 0. The van der Waals surface area contributed by atoms with Crippen molar-refractivity contribution in [3.63, 3.8) is 0 Å². The van der Waals surface area contributed by atoms with Gasteiger partial charge in [0.05, 0.1) is 16.7 Å². The Morgan fingerprint density at radius 1 is 0.970 bits per heavy atom. The molecule has 8 heteroatoms. The lowest BCUT2D eigenvalue weighted by Crippen LogP contribution is -2.29. The summed E-state index contributed by atoms with van der Waals surface area (Å²) >= 11 is 0. The molecule has 0 bridgehead atoms. The molecule has 0 aliphatic carbocycles. The molecule has 0 amide bonds. The van der Waals surface area contributed by atoms with Crippen molar-refractivity contribution >= 4 is 28.2 Å². The highest BCUT2D eigenvalue weighted by Gasteiger charge is 2.27. The van der Waals surface area contributed by atoms with Gasteiger partial charge in [0.15, 0.2) is 5.65 Å². The average Bonchev–Trinajstić information content (AvgIpc) is 3.25. The van der Waals surface area contributed by atoms with E-state index < -0.39 is 5.54 Å². The first-order valence-corrected chi connectivity index (χ1v) is 10.2. The average molecular weight is 441 g/mol. The Morgan fingerprint density at radius 3 is 2.48 bits per heavy atom. The summed E-state index contributed by atoms with van der Waals surface area (Å²) in [6.45, 7) is 5.91. The van der Waals surface area contributed by atoms with Crippen LogP contribution in [0, 0.1) is 12.7 Å². The molecule has 0 unspecified atom stereocenters. The molecule has 3 heterocycles. The monoisotopic (exact) mass is 441 g/mol. The molecule has 0 aliphatic heterocycles. The summed E-state index contributed by atoms with van der Waals surface area (Å²) < 4.78 is 15.9. The standard InChI is InChI=1S/C24H20FN5.CO2/c1-15-6-7-17(14-19(15)25)21-10-11-22-23(27-21)30(29-28-22)24(2,3)18-8-9-20-16(13-18)5-4-12-26-20;2-1-3/h4-14H,1-3H3;. The summed E-state index contributed by atoms with van der Waals surface area (Å²) in [5, 5.41) is 9.77. The van der Waals surface area contributed by atoms with E-state index in [1.54, 1.807) is 19.2 Å². The third kappa shape index (κ3) is 4.12. The Bertz CT molecular complexity index is 1500. The number of fused-ring (bicyclic) bond motifs is 2. The summed E-state index contributed by atoms with van der Waals surface area (Å²) in [5.41, 5.74) is 4.89. The first-order chi connectivity index (χ1) is 15.8. The molecule has 0 fully saturated rings. The van der Waals surface area contributed by atoms with Crippen molar-refractivity contribution in [2.45, 2.75) is 26.3 Å². The van der Waals surface area contributed by atoms with Gasteiger partial charge >= 0.3 is 6.15 Å². The molecule has 2 aromatic carbocycles. The van der Waals surface area contributed by atoms with Gasteiger partial charge in [-0.1, -0.05) is 29.5 Å². The van der Waals surface area contributed by atoms with Gasteiger partial charge in [-0.25, -0.2) is 14.1 Å². The van der Waals surface area contributed by atoms with Crippen molar-refractivity contribution in [3.8, 4) is 11.3 Å². The van der Waals surface area contributed by atoms with Gasteiger partial charge in [0.1, 0.15) is 11.3 Å². The number of rotatable bonds is 3. The Labute approximate surface area is 188 Å². The second-order valence-electron chi connectivity index (χ2n) is 8.06. The van der Waals surface area contributed by atoms with E-state index in [9.17, 15) is 4.39 Å². The van der Waals surface area contributed by atoms with E-state index >= 15 is 0 Å². The first kappa shape index (κ1) is 21.9. The maximum absolute atomic E-state index is 14.1. The van der Waals surface area contributed by atoms with Crippen LogP contribution >= 0.6 is 0 Å². The highest BCUT2D eigenvalue weighted by Crippen LogP contribution is 2.30. The maximum Gasteiger partial charge on any atom is 0.373 e. The third-order valence-electron chi connectivity index (χ3n) is 5.60. The van der Waals surface area contributed by atoms with Crippen molar-refractivity contribution in [1.82, 2.24) is 25.0 Å². The van der Waals surface area contributed by atoms with Crippen molar-refractivity contribution in [2.24, 2.45) is 0 Å². The third-order valence-corrected chi connectivity index (χ3v) is 5.60. The minimum absolute atomic E-state index is 0.244. The van der Waals surface area contributed by atoms with Crippen LogP contribution in [0.4, 0.5) is 4.39 Å². The molecule has 0 N–H and O–H groups in total. The Morgan fingerprint density at radius 2 is 1.73 bits per heavy atom. The van der Waals surface area contributed by atoms with Gasteiger partial charge in [0.2, 0.25) is 0 Å². The molecule has 7 nitrogen and oxygen atoms in total. The quantitative estimate of drug-likeness (QED) is 0.403. The fourth-order valence-electron chi connectivity index (χ4n) is 3.68. The van der Waals surface area contributed by atoms with Crippen LogP contribution in [0.3, 0.4) is 0 Å². The summed E-state index contributed by atoms with van der Waals surface area (Å²) in [4.78, 5) is 25.4. The number of pyridine rings is 2. The van der Waals surface area contributed by atoms with E-state index in [1.807, 2.05) is 41.1 Å². The number of benzene rings is 2. The molecule has 5 aromatic rings. The number of aromatic nitrogens is 5. The molecule has 164 valence electrons. The van der Waals surface area contributed by atoms with Gasteiger partial charge in [0.25, 0.3) is 0 Å². The van der Waals surface area contributed by atoms with Crippen molar-refractivity contribution in [1.29, 1.82) is 0 Å². The molecular weight excluding hydrogens is 421 g/mol. The molecule has 0 radical (unpaired) electrons. The van der Waals surface area contributed by atoms with E-state index in [-0.39, 0.29) is 12.0 Å². The summed E-state index contributed by atoms with van der Waals surface area (Å²) in [6, 6.07) is 19.0. The zero-order valence-corrected chi connectivity index (χ0v) is 18.3. The molecule has 0 atom stereocenters. The van der Waals surface area contributed by atoms with Crippen LogP contribution < -0.4 is 0 Å². The van der Waals surface area contributed by atoms with Crippen molar-refractivity contribution in [2.75, 3.05) is 0 Å². The largest absolute Gasteiger partial charge is 0.373 e. The number of aryl methyl sites for hydroxylation is 1.